The van der Waals surface area contributed by atoms with Gasteiger partial charge < -0.3 is 5.11 Å². The molecular formula is C11H12O3. The first-order valence-electron chi connectivity index (χ1n) is 4.44. The SMILES string of the molecule is CCC(=O)c1c(C)cccc1C(=O)O. The zero-order chi connectivity index (χ0) is 10.7. The number of hydrogen-bond acceptors (Lipinski definition) is 2. The van der Waals surface area contributed by atoms with E-state index >= 15 is 0 Å². The van der Waals surface area contributed by atoms with Gasteiger partial charge in [0.1, 0.15) is 0 Å². The van der Waals surface area contributed by atoms with Gasteiger partial charge in [-0.15, -0.1) is 0 Å². The van der Waals surface area contributed by atoms with Crippen molar-refractivity contribution in [2.75, 3.05) is 0 Å². The number of carbonyl (C=O) groups is 2. The molecule has 0 aliphatic carbocycles. The van der Waals surface area contributed by atoms with Crippen LogP contribution in [0, 0.1) is 6.92 Å². The molecule has 74 valence electrons. The Morgan fingerprint density at radius 2 is 2.00 bits per heavy atom. The minimum atomic E-state index is -1.05. The summed E-state index contributed by atoms with van der Waals surface area (Å²) in [7, 11) is 0. The largest absolute Gasteiger partial charge is 0.478 e. The van der Waals surface area contributed by atoms with Crippen molar-refractivity contribution in [3.8, 4) is 0 Å². The highest BCUT2D eigenvalue weighted by molar-refractivity contribution is 6.06. The molecule has 0 fully saturated rings. The van der Waals surface area contributed by atoms with Crippen molar-refractivity contribution in [1.82, 2.24) is 0 Å². The number of aromatic carboxylic acids is 1. The average molecular weight is 192 g/mol. The number of carboxylic acid groups (broad SMARTS) is 1. The van der Waals surface area contributed by atoms with E-state index in [1.165, 1.54) is 6.07 Å². The third kappa shape index (κ3) is 1.82. The molecule has 0 amide bonds. The van der Waals surface area contributed by atoms with Gasteiger partial charge in [0.15, 0.2) is 5.78 Å². The topological polar surface area (TPSA) is 54.4 Å². The number of aryl methyl sites for hydroxylation is 1. The van der Waals surface area contributed by atoms with Crippen LogP contribution >= 0.6 is 0 Å². The Morgan fingerprint density at radius 1 is 1.36 bits per heavy atom. The lowest BCUT2D eigenvalue weighted by Gasteiger charge is -2.06. The van der Waals surface area contributed by atoms with Crippen molar-refractivity contribution in [3.05, 3.63) is 34.9 Å². The van der Waals surface area contributed by atoms with Crippen molar-refractivity contribution in [3.63, 3.8) is 0 Å². The molecule has 0 aromatic heterocycles. The van der Waals surface area contributed by atoms with Gasteiger partial charge in [-0.25, -0.2) is 4.79 Å². The van der Waals surface area contributed by atoms with Crippen LogP contribution in [0.4, 0.5) is 0 Å². The fourth-order valence-electron chi connectivity index (χ4n) is 1.39. The minimum absolute atomic E-state index is 0.0943. The van der Waals surface area contributed by atoms with Gasteiger partial charge in [0.2, 0.25) is 0 Å². The van der Waals surface area contributed by atoms with Crippen LogP contribution in [0.1, 0.15) is 39.6 Å². The summed E-state index contributed by atoms with van der Waals surface area (Å²) in [6.45, 7) is 3.47. The number of carboxylic acids is 1. The summed E-state index contributed by atoms with van der Waals surface area (Å²) >= 11 is 0. The fourth-order valence-corrected chi connectivity index (χ4v) is 1.39. The molecule has 0 aliphatic heterocycles. The van der Waals surface area contributed by atoms with Gasteiger partial charge in [-0.05, 0) is 18.6 Å². The van der Waals surface area contributed by atoms with Crippen LogP contribution < -0.4 is 0 Å². The Hall–Kier alpha value is -1.64. The molecular weight excluding hydrogens is 180 g/mol. The van der Waals surface area contributed by atoms with Crippen molar-refractivity contribution in [2.45, 2.75) is 20.3 Å². The standard InChI is InChI=1S/C11H12O3/c1-3-9(12)10-7(2)5-4-6-8(10)11(13)14/h4-6H,3H2,1-2H3,(H,13,14). The van der Waals surface area contributed by atoms with Gasteiger partial charge in [-0.1, -0.05) is 19.1 Å². The van der Waals surface area contributed by atoms with Crippen LogP contribution in [0.5, 0.6) is 0 Å². The molecule has 14 heavy (non-hydrogen) atoms. The Labute approximate surface area is 82.4 Å². The van der Waals surface area contributed by atoms with E-state index in [0.29, 0.717) is 12.0 Å². The lowest BCUT2D eigenvalue weighted by Crippen LogP contribution is -2.09. The molecule has 3 nitrogen and oxygen atoms in total. The van der Waals surface area contributed by atoms with Crippen LogP contribution in [-0.2, 0) is 0 Å². The Kier molecular flexibility index (Phi) is 3.02. The van der Waals surface area contributed by atoms with Gasteiger partial charge in [-0.3, -0.25) is 4.79 Å². The minimum Gasteiger partial charge on any atom is -0.478 e. The first-order valence-corrected chi connectivity index (χ1v) is 4.44. The molecule has 1 rings (SSSR count). The van der Waals surface area contributed by atoms with E-state index in [2.05, 4.69) is 0 Å². The van der Waals surface area contributed by atoms with Gasteiger partial charge in [-0.2, -0.15) is 0 Å². The molecule has 1 N–H and O–H groups in total. The van der Waals surface area contributed by atoms with E-state index in [1.807, 2.05) is 0 Å². The van der Waals surface area contributed by atoms with Gasteiger partial charge in [0, 0.05) is 12.0 Å². The number of Topliss-reactive ketones (excluding diaryl/α,β-unsaturated/α-hetero) is 1. The summed E-state index contributed by atoms with van der Waals surface area (Å²) in [5.74, 6) is -1.17. The highest BCUT2D eigenvalue weighted by atomic mass is 16.4. The normalized spacial score (nSPS) is 9.86. The fraction of sp³-hybridized carbons (Fsp3) is 0.273. The molecule has 0 spiro atoms. The highest BCUT2D eigenvalue weighted by Gasteiger charge is 2.16. The lowest BCUT2D eigenvalue weighted by molar-refractivity contribution is 0.0691. The van der Waals surface area contributed by atoms with Crippen LogP contribution in [0.25, 0.3) is 0 Å². The van der Waals surface area contributed by atoms with Crippen molar-refractivity contribution >= 4 is 11.8 Å². The van der Waals surface area contributed by atoms with E-state index in [1.54, 1.807) is 26.0 Å². The molecule has 0 unspecified atom stereocenters. The Morgan fingerprint density at radius 3 is 2.50 bits per heavy atom. The predicted molar refractivity (Wildman–Crippen MR) is 52.8 cm³/mol. The maximum Gasteiger partial charge on any atom is 0.336 e. The average Bonchev–Trinajstić information content (AvgIpc) is 2.16. The van der Waals surface area contributed by atoms with E-state index in [-0.39, 0.29) is 11.3 Å². The van der Waals surface area contributed by atoms with Crippen LogP contribution in [0.15, 0.2) is 18.2 Å². The first kappa shape index (κ1) is 10.4. The van der Waals surface area contributed by atoms with E-state index < -0.39 is 5.97 Å². The summed E-state index contributed by atoms with van der Waals surface area (Å²) in [5, 5.41) is 8.88. The number of rotatable bonds is 3. The molecule has 0 aliphatic rings. The van der Waals surface area contributed by atoms with Crippen LogP contribution in [0.3, 0.4) is 0 Å². The summed E-state index contributed by atoms with van der Waals surface area (Å²) in [5.41, 5.74) is 1.15. The number of benzene rings is 1. The summed E-state index contributed by atoms with van der Waals surface area (Å²) in [6, 6.07) is 4.85. The number of ketones is 1. The molecule has 0 bridgehead atoms. The van der Waals surface area contributed by atoms with E-state index in [4.69, 9.17) is 5.11 Å². The predicted octanol–water partition coefficient (Wildman–Crippen LogP) is 2.29. The summed E-state index contributed by atoms with van der Waals surface area (Å²) in [4.78, 5) is 22.3. The molecule has 1 aromatic rings. The van der Waals surface area contributed by atoms with Crippen molar-refractivity contribution in [2.24, 2.45) is 0 Å². The van der Waals surface area contributed by atoms with Crippen LogP contribution in [0.2, 0.25) is 0 Å². The quantitative estimate of drug-likeness (QED) is 0.747. The molecule has 0 saturated heterocycles. The van der Waals surface area contributed by atoms with Gasteiger partial charge >= 0.3 is 5.97 Å². The smallest absolute Gasteiger partial charge is 0.336 e. The summed E-state index contributed by atoms with van der Waals surface area (Å²) < 4.78 is 0. The maximum absolute atomic E-state index is 11.5. The summed E-state index contributed by atoms with van der Waals surface area (Å²) in [6.07, 6.45) is 0.325. The number of carbonyl (C=O) groups excluding carboxylic acids is 1. The zero-order valence-corrected chi connectivity index (χ0v) is 8.20. The Balaban J connectivity index is 3.36. The molecule has 0 atom stereocenters. The van der Waals surface area contributed by atoms with Crippen LogP contribution in [-0.4, -0.2) is 16.9 Å². The van der Waals surface area contributed by atoms with Gasteiger partial charge in [0.25, 0.3) is 0 Å². The lowest BCUT2D eigenvalue weighted by atomic mass is 9.97. The second kappa shape index (κ2) is 4.05. The molecule has 3 heteroatoms. The van der Waals surface area contributed by atoms with Gasteiger partial charge in [0.05, 0.1) is 5.56 Å². The number of hydrogen-bond donors (Lipinski definition) is 1. The van der Waals surface area contributed by atoms with Crippen molar-refractivity contribution < 1.29 is 14.7 Å². The maximum atomic E-state index is 11.5. The monoisotopic (exact) mass is 192 g/mol. The van der Waals surface area contributed by atoms with E-state index in [9.17, 15) is 9.59 Å². The molecule has 0 saturated carbocycles. The first-order chi connectivity index (χ1) is 6.57. The molecule has 0 heterocycles. The second-order valence-electron chi connectivity index (χ2n) is 3.08. The van der Waals surface area contributed by atoms with Crippen molar-refractivity contribution in [1.29, 1.82) is 0 Å². The third-order valence-electron chi connectivity index (χ3n) is 2.10. The third-order valence-corrected chi connectivity index (χ3v) is 2.10. The Bertz CT molecular complexity index is 380. The highest BCUT2D eigenvalue weighted by Crippen LogP contribution is 2.16. The molecule has 0 radical (unpaired) electrons. The second-order valence-corrected chi connectivity index (χ2v) is 3.08. The molecule has 1 aromatic carbocycles. The van der Waals surface area contributed by atoms with E-state index in [0.717, 1.165) is 5.56 Å². The zero-order valence-electron chi connectivity index (χ0n) is 8.20.